The van der Waals surface area contributed by atoms with Gasteiger partial charge in [-0.15, -0.1) is 21.5 Å². The summed E-state index contributed by atoms with van der Waals surface area (Å²) >= 11 is 4.66. The van der Waals surface area contributed by atoms with Gasteiger partial charge in [-0.2, -0.15) is 5.21 Å². The van der Waals surface area contributed by atoms with Gasteiger partial charge in [-0.25, -0.2) is 0 Å². The zero-order chi connectivity index (χ0) is 10.7. The molecule has 0 radical (unpaired) electrons. The highest BCUT2D eigenvalue weighted by atomic mass is 79.9. The molecule has 0 aromatic carbocycles. The lowest BCUT2D eigenvalue weighted by molar-refractivity contribution is 0.0954. The van der Waals surface area contributed by atoms with Crippen LogP contribution in [0.15, 0.2) is 15.9 Å². The van der Waals surface area contributed by atoms with Crippen molar-refractivity contribution in [3.05, 3.63) is 26.6 Å². The second-order valence-electron chi connectivity index (χ2n) is 2.61. The van der Waals surface area contributed by atoms with E-state index in [4.69, 9.17) is 0 Å². The van der Waals surface area contributed by atoms with Crippen molar-refractivity contribution in [1.82, 2.24) is 25.9 Å². The van der Waals surface area contributed by atoms with Crippen LogP contribution in [0.25, 0.3) is 0 Å². The standard InChI is InChI=1S/C7H6BrN5OS/c8-5-2-1-4(15-5)7(14)9-3-6-10-12-13-11-6/h1-2H,3H2,(H,9,14)(H,10,11,12,13). The van der Waals surface area contributed by atoms with E-state index in [9.17, 15) is 4.79 Å². The van der Waals surface area contributed by atoms with Crippen LogP contribution in [-0.4, -0.2) is 26.5 Å². The van der Waals surface area contributed by atoms with Gasteiger partial charge in [0.2, 0.25) is 0 Å². The van der Waals surface area contributed by atoms with E-state index in [1.54, 1.807) is 6.07 Å². The number of nitrogens with zero attached hydrogens (tertiary/aromatic N) is 3. The molecule has 2 rings (SSSR count). The van der Waals surface area contributed by atoms with E-state index in [-0.39, 0.29) is 12.5 Å². The third-order valence-corrected chi connectivity index (χ3v) is 3.22. The minimum absolute atomic E-state index is 0.143. The van der Waals surface area contributed by atoms with Crippen LogP contribution in [0.1, 0.15) is 15.5 Å². The van der Waals surface area contributed by atoms with Crippen molar-refractivity contribution >= 4 is 33.2 Å². The van der Waals surface area contributed by atoms with Crippen LogP contribution in [0.5, 0.6) is 0 Å². The predicted octanol–water partition coefficient (Wildman–Crippen LogP) is 0.954. The number of carbonyl (C=O) groups is 1. The van der Waals surface area contributed by atoms with Crippen LogP contribution in [0, 0.1) is 0 Å². The second-order valence-corrected chi connectivity index (χ2v) is 5.08. The SMILES string of the molecule is O=C(NCc1nn[nH]n1)c1ccc(Br)s1. The van der Waals surface area contributed by atoms with Gasteiger partial charge in [-0.3, -0.25) is 4.79 Å². The molecular formula is C7H6BrN5OS. The van der Waals surface area contributed by atoms with Crippen molar-refractivity contribution in [2.24, 2.45) is 0 Å². The lowest BCUT2D eigenvalue weighted by atomic mass is 10.4. The third kappa shape index (κ3) is 2.60. The smallest absolute Gasteiger partial charge is 0.261 e. The Morgan fingerprint density at radius 2 is 2.47 bits per heavy atom. The number of aromatic amines is 1. The largest absolute Gasteiger partial charge is 0.344 e. The second kappa shape index (κ2) is 4.49. The predicted molar refractivity (Wildman–Crippen MR) is 57.4 cm³/mol. The average molecular weight is 288 g/mol. The lowest BCUT2D eigenvalue weighted by Crippen LogP contribution is -2.22. The van der Waals surface area contributed by atoms with E-state index >= 15 is 0 Å². The van der Waals surface area contributed by atoms with Crippen molar-refractivity contribution in [3.63, 3.8) is 0 Å². The molecule has 78 valence electrons. The molecule has 0 saturated carbocycles. The first-order valence-corrected chi connectivity index (χ1v) is 5.62. The van der Waals surface area contributed by atoms with Gasteiger partial charge >= 0.3 is 0 Å². The molecule has 8 heteroatoms. The van der Waals surface area contributed by atoms with E-state index in [0.717, 1.165) is 3.79 Å². The van der Waals surface area contributed by atoms with Crippen LogP contribution in [0.4, 0.5) is 0 Å². The summed E-state index contributed by atoms with van der Waals surface area (Å²) in [5, 5.41) is 15.8. The zero-order valence-electron chi connectivity index (χ0n) is 7.40. The molecule has 0 spiro atoms. The van der Waals surface area contributed by atoms with Gasteiger partial charge in [0.1, 0.15) is 0 Å². The fourth-order valence-electron chi connectivity index (χ4n) is 0.940. The van der Waals surface area contributed by atoms with Gasteiger partial charge in [0, 0.05) is 0 Å². The molecule has 0 bridgehead atoms. The van der Waals surface area contributed by atoms with Crippen molar-refractivity contribution in [2.75, 3.05) is 0 Å². The summed E-state index contributed by atoms with van der Waals surface area (Å²) in [6.07, 6.45) is 0. The zero-order valence-corrected chi connectivity index (χ0v) is 9.80. The summed E-state index contributed by atoms with van der Waals surface area (Å²) in [5.41, 5.74) is 0. The molecule has 0 saturated heterocycles. The molecule has 0 aliphatic carbocycles. The molecule has 0 fully saturated rings. The van der Waals surface area contributed by atoms with E-state index in [0.29, 0.717) is 10.7 Å². The van der Waals surface area contributed by atoms with E-state index in [2.05, 4.69) is 41.9 Å². The van der Waals surface area contributed by atoms with Crippen molar-refractivity contribution in [2.45, 2.75) is 6.54 Å². The van der Waals surface area contributed by atoms with E-state index in [1.165, 1.54) is 11.3 Å². The maximum absolute atomic E-state index is 11.5. The number of hydrogen-bond donors (Lipinski definition) is 2. The Labute approximate surface area is 97.2 Å². The highest BCUT2D eigenvalue weighted by Crippen LogP contribution is 2.21. The van der Waals surface area contributed by atoms with Crippen LogP contribution in [-0.2, 0) is 6.54 Å². The van der Waals surface area contributed by atoms with Crippen LogP contribution in [0.2, 0.25) is 0 Å². The van der Waals surface area contributed by atoms with E-state index < -0.39 is 0 Å². The maximum Gasteiger partial charge on any atom is 0.261 e. The Kier molecular flexibility index (Phi) is 3.07. The monoisotopic (exact) mass is 287 g/mol. The third-order valence-electron chi connectivity index (χ3n) is 1.59. The Balaban J connectivity index is 1.93. The molecule has 2 aromatic heterocycles. The van der Waals surface area contributed by atoms with Gasteiger partial charge in [0.15, 0.2) is 5.82 Å². The van der Waals surface area contributed by atoms with Gasteiger partial charge < -0.3 is 5.32 Å². The Bertz CT molecular complexity index is 454. The molecule has 2 heterocycles. The van der Waals surface area contributed by atoms with Crippen molar-refractivity contribution in [1.29, 1.82) is 0 Å². The first-order chi connectivity index (χ1) is 7.25. The highest BCUT2D eigenvalue weighted by Gasteiger charge is 2.08. The molecule has 0 aliphatic rings. The molecule has 0 aliphatic heterocycles. The number of aromatic nitrogens is 4. The molecule has 0 atom stereocenters. The van der Waals surface area contributed by atoms with Crippen molar-refractivity contribution in [3.8, 4) is 0 Å². The number of thiophene rings is 1. The fraction of sp³-hybridized carbons (Fsp3) is 0.143. The summed E-state index contributed by atoms with van der Waals surface area (Å²) in [6, 6.07) is 3.58. The number of H-pyrrole nitrogens is 1. The fourth-order valence-corrected chi connectivity index (χ4v) is 2.24. The summed E-state index contributed by atoms with van der Waals surface area (Å²) in [5.74, 6) is 0.314. The van der Waals surface area contributed by atoms with Crippen LogP contribution < -0.4 is 5.32 Å². The Hall–Kier alpha value is -1.28. The topological polar surface area (TPSA) is 83.6 Å². The number of hydrogen-bond acceptors (Lipinski definition) is 5. The molecular weight excluding hydrogens is 282 g/mol. The first kappa shape index (κ1) is 10.2. The average Bonchev–Trinajstić information content (AvgIpc) is 2.84. The summed E-state index contributed by atoms with van der Waals surface area (Å²) in [7, 11) is 0. The van der Waals surface area contributed by atoms with Gasteiger partial charge in [0.05, 0.1) is 15.2 Å². The minimum atomic E-state index is -0.143. The van der Waals surface area contributed by atoms with E-state index in [1.807, 2.05) is 6.07 Å². The molecule has 1 amide bonds. The summed E-state index contributed by atoms with van der Waals surface area (Å²) in [4.78, 5) is 12.2. The van der Waals surface area contributed by atoms with Crippen molar-refractivity contribution < 1.29 is 4.79 Å². The van der Waals surface area contributed by atoms with Gasteiger partial charge in [0.25, 0.3) is 5.91 Å². The summed E-state index contributed by atoms with van der Waals surface area (Å²) in [6.45, 7) is 0.269. The Morgan fingerprint density at radius 3 is 3.07 bits per heavy atom. The molecule has 6 nitrogen and oxygen atoms in total. The number of halogens is 1. The van der Waals surface area contributed by atoms with Gasteiger partial charge in [-0.1, -0.05) is 5.21 Å². The first-order valence-electron chi connectivity index (χ1n) is 4.01. The van der Waals surface area contributed by atoms with Gasteiger partial charge in [-0.05, 0) is 28.1 Å². The van der Waals surface area contributed by atoms with Crippen LogP contribution in [0.3, 0.4) is 0 Å². The highest BCUT2D eigenvalue weighted by molar-refractivity contribution is 9.11. The Morgan fingerprint density at radius 1 is 1.60 bits per heavy atom. The molecule has 2 aromatic rings. The number of nitrogens with one attached hydrogen (secondary N) is 2. The molecule has 15 heavy (non-hydrogen) atoms. The number of amides is 1. The summed E-state index contributed by atoms with van der Waals surface area (Å²) < 4.78 is 0.923. The normalized spacial score (nSPS) is 10.2. The quantitative estimate of drug-likeness (QED) is 0.881. The molecule has 2 N–H and O–H groups in total. The van der Waals surface area contributed by atoms with Crippen LogP contribution >= 0.6 is 27.3 Å². The number of carbonyl (C=O) groups excluding carboxylic acids is 1. The minimum Gasteiger partial charge on any atom is -0.344 e. The molecule has 0 unspecified atom stereocenters. The number of rotatable bonds is 3. The maximum atomic E-state index is 11.5. The lowest BCUT2D eigenvalue weighted by Gasteiger charge is -1.98. The number of tetrazole rings is 1.